The van der Waals surface area contributed by atoms with E-state index in [9.17, 15) is 9.59 Å². The summed E-state index contributed by atoms with van der Waals surface area (Å²) < 4.78 is 0. The summed E-state index contributed by atoms with van der Waals surface area (Å²) in [6, 6.07) is 7.97. The number of anilines is 1. The lowest BCUT2D eigenvalue weighted by Gasteiger charge is -2.34. The van der Waals surface area contributed by atoms with Crippen molar-refractivity contribution >= 4 is 17.9 Å². The van der Waals surface area contributed by atoms with Crippen molar-refractivity contribution < 1.29 is 9.59 Å². The van der Waals surface area contributed by atoms with Gasteiger partial charge < -0.3 is 10.2 Å². The van der Waals surface area contributed by atoms with E-state index in [-0.39, 0.29) is 5.91 Å². The summed E-state index contributed by atoms with van der Waals surface area (Å²) in [5.41, 5.74) is 1.85. The summed E-state index contributed by atoms with van der Waals surface area (Å²) in [5, 5.41) is 3.10. The van der Waals surface area contributed by atoms with Gasteiger partial charge >= 0.3 is 0 Å². The Kier molecular flexibility index (Phi) is 5.16. The van der Waals surface area contributed by atoms with Crippen molar-refractivity contribution in [2.45, 2.75) is 38.6 Å². The molecule has 1 aromatic carbocycles. The van der Waals surface area contributed by atoms with Crippen LogP contribution in [-0.4, -0.2) is 31.3 Å². The first kappa shape index (κ1) is 14.6. The van der Waals surface area contributed by atoms with Gasteiger partial charge in [-0.3, -0.25) is 9.59 Å². The number of rotatable bonds is 5. The maximum absolute atomic E-state index is 11.6. The van der Waals surface area contributed by atoms with Gasteiger partial charge in [-0.15, -0.1) is 0 Å². The second-order valence-electron chi connectivity index (χ2n) is 5.29. The van der Waals surface area contributed by atoms with Gasteiger partial charge in [-0.2, -0.15) is 0 Å². The van der Waals surface area contributed by atoms with Crippen LogP contribution in [0.15, 0.2) is 24.3 Å². The predicted octanol–water partition coefficient (Wildman–Crippen LogP) is 2.38. The molecule has 0 atom stereocenters. The fraction of sp³-hybridized carbons (Fsp3) is 0.500. The number of aldehydes is 1. The fourth-order valence-corrected chi connectivity index (χ4v) is 2.57. The lowest BCUT2D eigenvalue weighted by atomic mass is 10.0. The summed E-state index contributed by atoms with van der Waals surface area (Å²) in [6.45, 7) is 3.90. The molecule has 20 heavy (non-hydrogen) atoms. The van der Waals surface area contributed by atoms with Crippen LogP contribution < -0.4 is 10.2 Å². The maximum atomic E-state index is 11.6. The molecule has 1 fully saturated rings. The van der Waals surface area contributed by atoms with E-state index >= 15 is 0 Å². The first-order valence-electron chi connectivity index (χ1n) is 7.32. The van der Waals surface area contributed by atoms with Crippen LogP contribution in [0, 0.1) is 0 Å². The average molecular weight is 274 g/mol. The van der Waals surface area contributed by atoms with Crippen molar-refractivity contribution in [2.75, 3.05) is 18.0 Å². The Balaban J connectivity index is 1.84. The van der Waals surface area contributed by atoms with Crippen LogP contribution in [0.2, 0.25) is 0 Å². The number of piperidine rings is 1. The van der Waals surface area contributed by atoms with Gasteiger partial charge in [0, 0.05) is 36.8 Å². The van der Waals surface area contributed by atoms with Crippen LogP contribution >= 0.6 is 0 Å². The Morgan fingerprint density at radius 2 is 1.95 bits per heavy atom. The van der Waals surface area contributed by atoms with E-state index in [1.807, 2.05) is 31.2 Å². The molecule has 0 aromatic heterocycles. The van der Waals surface area contributed by atoms with Gasteiger partial charge in [0.15, 0.2) is 0 Å². The zero-order valence-electron chi connectivity index (χ0n) is 12.0. The second-order valence-corrected chi connectivity index (χ2v) is 5.29. The normalized spacial score (nSPS) is 15.9. The molecule has 108 valence electrons. The van der Waals surface area contributed by atoms with Crippen molar-refractivity contribution in [3.8, 4) is 0 Å². The van der Waals surface area contributed by atoms with E-state index in [1.54, 1.807) is 0 Å². The van der Waals surface area contributed by atoms with Gasteiger partial charge in [-0.05, 0) is 43.5 Å². The van der Waals surface area contributed by atoms with Crippen molar-refractivity contribution in [2.24, 2.45) is 0 Å². The molecule has 1 heterocycles. The molecule has 4 heteroatoms. The number of carbonyl (C=O) groups is 2. The molecule has 2 rings (SSSR count). The largest absolute Gasteiger partial charge is 0.371 e. The van der Waals surface area contributed by atoms with E-state index in [0.29, 0.717) is 18.0 Å². The number of hydrogen-bond donors (Lipinski definition) is 1. The summed E-state index contributed by atoms with van der Waals surface area (Å²) in [7, 11) is 0. The van der Waals surface area contributed by atoms with Crippen LogP contribution in [0.25, 0.3) is 0 Å². The molecule has 1 aliphatic heterocycles. The van der Waals surface area contributed by atoms with Crippen LogP contribution in [0.5, 0.6) is 0 Å². The number of nitrogens with zero attached hydrogens (tertiary/aromatic N) is 1. The Bertz CT molecular complexity index is 448. The SMILES string of the molecule is CCCC(=O)NC1CCN(c2ccc(C=O)cc2)CC1. The summed E-state index contributed by atoms with van der Waals surface area (Å²) in [4.78, 5) is 24.5. The average Bonchev–Trinajstić information content (AvgIpc) is 2.48. The number of benzene rings is 1. The molecule has 0 bridgehead atoms. The topological polar surface area (TPSA) is 49.4 Å². The highest BCUT2D eigenvalue weighted by atomic mass is 16.1. The minimum Gasteiger partial charge on any atom is -0.371 e. The molecule has 1 aromatic rings. The molecule has 0 spiro atoms. The number of nitrogens with one attached hydrogen (secondary N) is 1. The zero-order chi connectivity index (χ0) is 14.4. The van der Waals surface area contributed by atoms with Crippen LogP contribution in [0.1, 0.15) is 43.0 Å². The van der Waals surface area contributed by atoms with Crippen LogP contribution in [-0.2, 0) is 4.79 Å². The lowest BCUT2D eigenvalue weighted by molar-refractivity contribution is -0.121. The lowest BCUT2D eigenvalue weighted by Crippen LogP contribution is -2.44. The van der Waals surface area contributed by atoms with E-state index < -0.39 is 0 Å². The van der Waals surface area contributed by atoms with E-state index in [1.165, 1.54) is 0 Å². The number of hydrogen-bond acceptors (Lipinski definition) is 3. The second kappa shape index (κ2) is 7.08. The fourth-order valence-electron chi connectivity index (χ4n) is 2.57. The first-order valence-corrected chi connectivity index (χ1v) is 7.32. The minimum absolute atomic E-state index is 0.168. The number of amides is 1. The smallest absolute Gasteiger partial charge is 0.220 e. The molecule has 1 aliphatic rings. The van der Waals surface area contributed by atoms with Crippen LogP contribution in [0.4, 0.5) is 5.69 Å². The Morgan fingerprint density at radius 1 is 1.30 bits per heavy atom. The molecule has 1 N–H and O–H groups in total. The monoisotopic (exact) mass is 274 g/mol. The highest BCUT2D eigenvalue weighted by Gasteiger charge is 2.20. The molecule has 4 nitrogen and oxygen atoms in total. The molecular formula is C16H22N2O2. The Hall–Kier alpha value is -1.84. The van der Waals surface area contributed by atoms with Gasteiger partial charge in [-0.25, -0.2) is 0 Å². The number of carbonyl (C=O) groups excluding carboxylic acids is 2. The van der Waals surface area contributed by atoms with Crippen molar-refractivity contribution in [3.05, 3.63) is 29.8 Å². The third-order valence-corrected chi connectivity index (χ3v) is 3.73. The molecule has 0 saturated carbocycles. The molecule has 1 saturated heterocycles. The molecule has 0 radical (unpaired) electrons. The van der Waals surface area contributed by atoms with Crippen molar-refractivity contribution in [1.82, 2.24) is 5.32 Å². The van der Waals surface area contributed by atoms with Crippen molar-refractivity contribution in [1.29, 1.82) is 0 Å². The zero-order valence-corrected chi connectivity index (χ0v) is 12.0. The third kappa shape index (κ3) is 3.83. The first-order chi connectivity index (χ1) is 9.72. The van der Waals surface area contributed by atoms with Gasteiger partial charge in [-0.1, -0.05) is 6.92 Å². The molecule has 0 unspecified atom stereocenters. The van der Waals surface area contributed by atoms with Crippen LogP contribution in [0.3, 0.4) is 0 Å². The van der Waals surface area contributed by atoms with E-state index in [0.717, 1.165) is 44.3 Å². The summed E-state index contributed by atoms with van der Waals surface area (Å²) >= 11 is 0. The van der Waals surface area contributed by atoms with Gasteiger partial charge in [0.2, 0.25) is 5.91 Å². The molecule has 1 amide bonds. The highest BCUT2D eigenvalue weighted by Crippen LogP contribution is 2.20. The minimum atomic E-state index is 0.168. The Labute approximate surface area is 120 Å². The predicted molar refractivity (Wildman–Crippen MR) is 80.1 cm³/mol. The van der Waals surface area contributed by atoms with Crippen molar-refractivity contribution in [3.63, 3.8) is 0 Å². The van der Waals surface area contributed by atoms with Gasteiger partial charge in [0.25, 0.3) is 0 Å². The molecule has 0 aliphatic carbocycles. The third-order valence-electron chi connectivity index (χ3n) is 3.73. The van der Waals surface area contributed by atoms with E-state index in [4.69, 9.17) is 0 Å². The summed E-state index contributed by atoms with van der Waals surface area (Å²) in [5.74, 6) is 0.168. The summed E-state index contributed by atoms with van der Waals surface area (Å²) in [6.07, 6.45) is 4.33. The van der Waals surface area contributed by atoms with Gasteiger partial charge in [0.1, 0.15) is 6.29 Å². The Morgan fingerprint density at radius 3 is 2.50 bits per heavy atom. The standard InChI is InChI=1S/C16H22N2O2/c1-2-3-16(20)17-14-8-10-18(11-9-14)15-6-4-13(12-19)5-7-15/h4-7,12,14H,2-3,8-11H2,1H3,(H,17,20). The maximum Gasteiger partial charge on any atom is 0.220 e. The quantitative estimate of drug-likeness (QED) is 0.839. The highest BCUT2D eigenvalue weighted by molar-refractivity contribution is 5.76. The molecular weight excluding hydrogens is 252 g/mol. The van der Waals surface area contributed by atoms with Gasteiger partial charge in [0.05, 0.1) is 0 Å². The van der Waals surface area contributed by atoms with E-state index in [2.05, 4.69) is 10.2 Å².